The zero-order chi connectivity index (χ0) is 10.4. The van der Waals surface area contributed by atoms with Gasteiger partial charge in [0.2, 0.25) is 0 Å². The first-order chi connectivity index (χ1) is 7.25. The van der Waals surface area contributed by atoms with Crippen LogP contribution in [-0.2, 0) is 0 Å². The summed E-state index contributed by atoms with van der Waals surface area (Å²) in [4.78, 5) is 0. The largest absolute Gasteiger partial charge is 0.324 e. The summed E-state index contributed by atoms with van der Waals surface area (Å²) in [5.41, 5.74) is 7.84. The number of rotatable bonds is 2. The van der Waals surface area contributed by atoms with Gasteiger partial charge in [0.25, 0.3) is 0 Å². The van der Waals surface area contributed by atoms with Gasteiger partial charge in [-0.2, -0.15) is 0 Å². The molecule has 2 heterocycles. The number of hydrogen-bond donors (Lipinski definition) is 1. The molecule has 4 heteroatoms. The number of nitrogens with two attached hydrogens (primary N) is 1. The highest BCUT2D eigenvalue weighted by Gasteiger charge is 2.28. The SMILES string of the molecule is CC(N)c1ccn2c(C3CC3)nnc2c1. The van der Waals surface area contributed by atoms with Crippen molar-refractivity contribution in [1.82, 2.24) is 14.6 Å². The predicted molar refractivity (Wildman–Crippen MR) is 57.6 cm³/mol. The first kappa shape index (κ1) is 8.85. The van der Waals surface area contributed by atoms with Crippen molar-refractivity contribution in [3.8, 4) is 0 Å². The van der Waals surface area contributed by atoms with E-state index in [2.05, 4.69) is 14.6 Å². The second kappa shape index (κ2) is 3.03. The van der Waals surface area contributed by atoms with E-state index in [1.54, 1.807) is 0 Å². The smallest absolute Gasteiger partial charge is 0.161 e. The van der Waals surface area contributed by atoms with E-state index in [4.69, 9.17) is 5.73 Å². The van der Waals surface area contributed by atoms with Crippen molar-refractivity contribution >= 4 is 5.65 Å². The lowest BCUT2D eigenvalue weighted by Crippen LogP contribution is -2.05. The van der Waals surface area contributed by atoms with E-state index >= 15 is 0 Å². The maximum atomic E-state index is 5.83. The molecule has 0 aliphatic heterocycles. The van der Waals surface area contributed by atoms with Crippen LogP contribution in [0.1, 0.15) is 43.1 Å². The monoisotopic (exact) mass is 202 g/mol. The molecule has 0 aromatic carbocycles. The van der Waals surface area contributed by atoms with Crippen molar-refractivity contribution in [2.24, 2.45) is 5.73 Å². The molecule has 1 aliphatic rings. The molecule has 0 spiro atoms. The third kappa shape index (κ3) is 1.41. The van der Waals surface area contributed by atoms with Crippen LogP contribution in [0, 0.1) is 0 Å². The maximum Gasteiger partial charge on any atom is 0.161 e. The Balaban J connectivity index is 2.13. The molecule has 78 valence electrons. The van der Waals surface area contributed by atoms with Gasteiger partial charge in [-0.05, 0) is 37.5 Å². The lowest BCUT2D eigenvalue weighted by atomic mass is 10.1. The molecule has 2 aromatic heterocycles. The van der Waals surface area contributed by atoms with Gasteiger partial charge in [-0.15, -0.1) is 10.2 Å². The highest BCUT2D eigenvalue weighted by molar-refractivity contribution is 5.42. The molecule has 0 amide bonds. The minimum absolute atomic E-state index is 0.0519. The van der Waals surface area contributed by atoms with Gasteiger partial charge < -0.3 is 5.73 Å². The molecule has 1 unspecified atom stereocenters. The summed E-state index contributed by atoms with van der Waals surface area (Å²) in [6.45, 7) is 1.98. The normalized spacial score (nSPS) is 18.3. The summed E-state index contributed by atoms with van der Waals surface area (Å²) in [5, 5.41) is 8.41. The first-order valence-electron chi connectivity index (χ1n) is 5.36. The fraction of sp³-hybridized carbons (Fsp3) is 0.455. The van der Waals surface area contributed by atoms with Crippen LogP contribution in [0.4, 0.5) is 0 Å². The minimum atomic E-state index is 0.0519. The molecule has 2 aromatic rings. The molecule has 0 saturated heterocycles. The van der Waals surface area contributed by atoms with E-state index in [1.807, 2.05) is 25.3 Å². The number of nitrogens with zero attached hydrogens (tertiary/aromatic N) is 3. The molecule has 0 radical (unpaired) electrons. The Bertz CT molecular complexity index is 496. The Hall–Kier alpha value is -1.42. The van der Waals surface area contributed by atoms with Crippen molar-refractivity contribution in [2.45, 2.75) is 31.7 Å². The van der Waals surface area contributed by atoms with Crippen LogP contribution in [0.25, 0.3) is 5.65 Å². The Labute approximate surface area is 88.1 Å². The second-order valence-corrected chi connectivity index (χ2v) is 4.31. The molecular weight excluding hydrogens is 188 g/mol. The predicted octanol–water partition coefficient (Wildman–Crippen LogP) is 1.63. The second-order valence-electron chi connectivity index (χ2n) is 4.31. The molecule has 1 saturated carbocycles. The van der Waals surface area contributed by atoms with Crippen LogP contribution in [0.3, 0.4) is 0 Å². The zero-order valence-electron chi connectivity index (χ0n) is 8.72. The minimum Gasteiger partial charge on any atom is -0.324 e. The Morgan fingerprint density at radius 3 is 2.93 bits per heavy atom. The summed E-state index contributed by atoms with van der Waals surface area (Å²) >= 11 is 0. The van der Waals surface area contributed by atoms with Crippen molar-refractivity contribution in [1.29, 1.82) is 0 Å². The van der Waals surface area contributed by atoms with Gasteiger partial charge in [-0.3, -0.25) is 4.40 Å². The van der Waals surface area contributed by atoms with Gasteiger partial charge in [0, 0.05) is 18.2 Å². The van der Waals surface area contributed by atoms with Crippen LogP contribution in [0.15, 0.2) is 18.3 Å². The quantitative estimate of drug-likeness (QED) is 0.805. The van der Waals surface area contributed by atoms with Crippen LogP contribution in [0.5, 0.6) is 0 Å². The number of hydrogen-bond acceptors (Lipinski definition) is 3. The Kier molecular flexibility index (Phi) is 1.79. The number of aromatic nitrogens is 3. The van der Waals surface area contributed by atoms with Crippen LogP contribution in [-0.4, -0.2) is 14.6 Å². The van der Waals surface area contributed by atoms with Gasteiger partial charge in [0.15, 0.2) is 5.65 Å². The fourth-order valence-corrected chi connectivity index (χ4v) is 1.83. The van der Waals surface area contributed by atoms with Gasteiger partial charge in [0.05, 0.1) is 0 Å². The van der Waals surface area contributed by atoms with Crippen molar-refractivity contribution in [2.75, 3.05) is 0 Å². The molecule has 1 atom stereocenters. The zero-order valence-corrected chi connectivity index (χ0v) is 8.72. The molecule has 1 fully saturated rings. The first-order valence-corrected chi connectivity index (χ1v) is 5.36. The van der Waals surface area contributed by atoms with Crippen molar-refractivity contribution in [3.63, 3.8) is 0 Å². The van der Waals surface area contributed by atoms with E-state index in [9.17, 15) is 0 Å². The molecule has 0 bridgehead atoms. The molecule has 1 aliphatic carbocycles. The number of fused-ring (bicyclic) bond motifs is 1. The summed E-state index contributed by atoms with van der Waals surface area (Å²) in [6.07, 6.45) is 4.52. The summed E-state index contributed by atoms with van der Waals surface area (Å²) in [7, 11) is 0. The molecule has 15 heavy (non-hydrogen) atoms. The van der Waals surface area contributed by atoms with Crippen molar-refractivity contribution < 1.29 is 0 Å². The molecule has 4 nitrogen and oxygen atoms in total. The van der Waals surface area contributed by atoms with E-state index < -0.39 is 0 Å². The van der Waals surface area contributed by atoms with E-state index in [-0.39, 0.29) is 6.04 Å². The van der Waals surface area contributed by atoms with Crippen molar-refractivity contribution in [3.05, 3.63) is 29.7 Å². The lowest BCUT2D eigenvalue weighted by Gasteiger charge is -2.05. The van der Waals surface area contributed by atoms with Gasteiger partial charge in [-0.1, -0.05) is 0 Å². The average molecular weight is 202 g/mol. The Morgan fingerprint density at radius 2 is 2.27 bits per heavy atom. The third-order valence-electron chi connectivity index (χ3n) is 2.93. The van der Waals surface area contributed by atoms with Crippen LogP contribution >= 0.6 is 0 Å². The van der Waals surface area contributed by atoms with E-state index in [1.165, 1.54) is 12.8 Å². The fourth-order valence-electron chi connectivity index (χ4n) is 1.83. The standard InChI is InChI=1S/C11H14N4/c1-7(12)9-4-5-15-10(6-9)13-14-11(15)8-2-3-8/h4-8H,2-3,12H2,1H3. The average Bonchev–Trinajstić information content (AvgIpc) is 2.98. The summed E-state index contributed by atoms with van der Waals surface area (Å²) in [5.74, 6) is 1.72. The van der Waals surface area contributed by atoms with Gasteiger partial charge >= 0.3 is 0 Å². The molecule has 2 N–H and O–H groups in total. The van der Waals surface area contributed by atoms with E-state index in [0.29, 0.717) is 5.92 Å². The van der Waals surface area contributed by atoms with Crippen LogP contribution < -0.4 is 5.73 Å². The van der Waals surface area contributed by atoms with Gasteiger partial charge in [-0.25, -0.2) is 0 Å². The number of pyridine rings is 1. The van der Waals surface area contributed by atoms with E-state index in [0.717, 1.165) is 17.0 Å². The highest BCUT2D eigenvalue weighted by Crippen LogP contribution is 2.38. The topological polar surface area (TPSA) is 56.2 Å². The van der Waals surface area contributed by atoms with Crippen LogP contribution in [0.2, 0.25) is 0 Å². The maximum absolute atomic E-state index is 5.83. The molecule has 3 rings (SSSR count). The lowest BCUT2D eigenvalue weighted by molar-refractivity contribution is 0.813. The third-order valence-corrected chi connectivity index (χ3v) is 2.93. The molecular formula is C11H14N4. The highest BCUT2D eigenvalue weighted by atomic mass is 15.2. The summed E-state index contributed by atoms with van der Waals surface area (Å²) < 4.78 is 2.07. The Morgan fingerprint density at radius 1 is 1.47 bits per heavy atom. The summed E-state index contributed by atoms with van der Waals surface area (Å²) in [6, 6.07) is 4.12. The van der Waals surface area contributed by atoms with Gasteiger partial charge in [0.1, 0.15) is 5.82 Å².